The van der Waals surface area contributed by atoms with Crippen molar-refractivity contribution in [3.05, 3.63) is 64.7 Å². The molecule has 28 heavy (non-hydrogen) atoms. The molecule has 4 heteroatoms. The first kappa shape index (κ1) is 20.4. The van der Waals surface area contributed by atoms with Gasteiger partial charge in [-0.05, 0) is 68.5 Å². The standard InChI is InChI=1S/C24H32N2O2/c1-18-6-11-23(20(3)15-18)28-14-12-25-24(27)22-9-7-21(8-10-22)17-26-13-4-5-19(2)16-26/h6-11,15,19H,4-5,12-14,16-17H2,1-3H3,(H,25,27)/t19-/m1/s1. The minimum absolute atomic E-state index is 0.0534. The molecular formula is C24H32N2O2. The van der Waals surface area contributed by atoms with Gasteiger partial charge in [-0.3, -0.25) is 9.69 Å². The molecule has 0 aromatic heterocycles. The quantitative estimate of drug-likeness (QED) is 0.727. The Kier molecular flexibility index (Phi) is 7.10. The summed E-state index contributed by atoms with van der Waals surface area (Å²) in [6.07, 6.45) is 2.62. The van der Waals surface area contributed by atoms with Crippen molar-refractivity contribution in [1.82, 2.24) is 10.2 Å². The van der Waals surface area contributed by atoms with Crippen molar-refractivity contribution in [3.8, 4) is 5.75 Å². The first-order chi connectivity index (χ1) is 13.5. The fraction of sp³-hybridized carbons (Fsp3) is 0.458. The summed E-state index contributed by atoms with van der Waals surface area (Å²) in [6, 6.07) is 14.1. The molecule has 1 heterocycles. The number of rotatable bonds is 7. The van der Waals surface area contributed by atoms with Gasteiger partial charge in [0.1, 0.15) is 12.4 Å². The molecule has 2 aromatic rings. The topological polar surface area (TPSA) is 41.6 Å². The predicted molar refractivity (Wildman–Crippen MR) is 114 cm³/mol. The summed E-state index contributed by atoms with van der Waals surface area (Å²) < 4.78 is 5.77. The summed E-state index contributed by atoms with van der Waals surface area (Å²) in [5.41, 5.74) is 4.30. The molecule has 1 aliphatic heterocycles. The van der Waals surface area contributed by atoms with Gasteiger partial charge < -0.3 is 10.1 Å². The lowest BCUT2D eigenvalue weighted by molar-refractivity contribution is 0.0947. The summed E-state index contributed by atoms with van der Waals surface area (Å²) in [5.74, 6) is 1.60. The van der Waals surface area contributed by atoms with E-state index >= 15 is 0 Å². The molecule has 150 valence electrons. The van der Waals surface area contributed by atoms with Crippen molar-refractivity contribution in [2.75, 3.05) is 26.2 Å². The van der Waals surface area contributed by atoms with Crippen LogP contribution in [0.15, 0.2) is 42.5 Å². The van der Waals surface area contributed by atoms with Gasteiger partial charge in [-0.2, -0.15) is 0 Å². The van der Waals surface area contributed by atoms with Gasteiger partial charge in [-0.25, -0.2) is 0 Å². The highest BCUT2D eigenvalue weighted by Gasteiger charge is 2.16. The van der Waals surface area contributed by atoms with E-state index in [0.717, 1.165) is 23.8 Å². The second-order valence-electron chi connectivity index (χ2n) is 8.05. The monoisotopic (exact) mass is 380 g/mol. The normalized spacial score (nSPS) is 17.3. The Morgan fingerprint density at radius 3 is 2.68 bits per heavy atom. The van der Waals surface area contributed by atoms with Crippen LogP contribution < -0.4 is 10.1 Å². The minimum Gasteiger partial charge on any atom is -0.491 e. The Morgan fingerprint density at radius 1 is 1.18 bits per heavy atom. The minimum atomic E-state index is -0.0534. The van der Waals surface area contributed by atoms with E-state index in [0.29, 0.717) is 18.7 Å². The number of hydrogen-bond acceptors (Lipinski definition) is 3. The fourth-order valence-corrected chi connectivity index (χ4v) is 3.84. The molecule has 2 aromatic carbocycles. The van der Waals surface area contributed by atoms with Crippen LogP contribution in [0.3, 0.4) is 0 Å². The van der Waals surface area contributed by atoms with Crippen LogP contribution in [-0.2, 0) is 6.54 Å². The van der Waals surface area contributed by atoms with E-state index in [2.05, 4.69) is 42.3 Å². The molecule has 0 spiro atoms. The van der Waals surface area contributed by atoms with E-state index in [4.69, 9.17) is 4.74 Å². The van der Waals surface area contributed by atoms with E-state index in [9.17, 15) is 4.79 Å². The van der Waals surface area contributed by atoms with Crippen molar-refractivity contribution in [2.24, 2.45) is 5.92 Å². The first-order valence-corrected chi connectivity index (χ1v) is 10.3. The molecule has 1 aliphatic rings. The largest absolute Gasteiger partial charge is 0.491 e. The highest BCUT2D eigenvalue weighted by Crippen LogP contribution is 2.19. The molecule has 0 saturated carbocycles. The molecule has 0 unspecified atom stereocenters. The third kappa shape index (κ3) is 5.83. The van der Waals surface area contributed by atoms with E-state index in [1.807, 2.05) is 31.2 Å². The highest BCUT2D eigenvalue weighted by molar-refractivity contribution is 5.94. The average Bonchev–Trinajstić information content (AvgIpc) is 2.67. The first-order valence-electron chi connectivity index (χ1n) is 10.3. The zero-order chi connectivity index (χ0) is 19.9. The van der Waals surface area contributed by atoms with Crippen molar-refractivity contribution >= 4 is 5.91 Å². The number of nitrogens with one attached hydrogen (secondary N) is 1. The van der Waals surface area contributed by atoms with Crippen molar-refractivity contribution < 1.29 is 9.53 Å². The van der Waals surface area contributed by atoms with Gasteiger partial charge in [0.2, 0.25) is 0 Å². The zero-order valence-electron chi connectivity index (χ0n) is 17.3. The number of likely N-dealkylation sites (tertiary alicyclic amines) is 1. The number of ether oxygens (including phenoxy) is 1. The maximum absolute atomic E-state index is 12.3. The molecule has 4 nitrogen and oxygen atoms in total. The van der Waals surface area contributed by atoms with Crippen LogP contribution in [0.5, 0.6) is 5.75 Å². The summed E-state index contributed by atoms with van der Waals surface area (Å²) in [4.78, 5) is 14.8. The van der Waals surface area contributed by atoms with Gasteiger partial charge in [-0.1, -0.05) is 36.8 Å². The smallest absolute Gasteiger partial charge is 0.251 e. The third-order valence-electron chi connectivity index (χ3n) is 5.34. The van der Waals surface area contributed by atoms with Crippen molar-refractivity contribution in [3.63, 3.8) is 0 Å². The van der Waals surface area contributed by atoms with Crippen molar-refractivity contribution in [1.29, 1.82) is 0 Å². The molecule has 1 fully saturated rings. The van der Waals surface area contributed by atoms with Crippen LogP contribution in [0.1, 0.15) is 46.8 Å². The Morgan fingerprint density at radius 2 is 1.96 bits per heavy atom. The van der Waals surface area contributed by atoms with E-state index in [1.165, 1.54) is 37.1 Å². The van der Waals surface area contributed by atoms with Gasteiger partial charge in [0, 0.05) is 18.7 Å². The fourth-order valence-electron chi connectivity index (χ4n) is 3.84. The molecule has 1 amide bonds. The number of carbonyl (C=O) groups is 1. The lowest BCUT2D eigenvalue weighted by Crippen LogP contribution is -2.33. The summed E-state index contributed by atoms with van der Waals surface area (Å²) in [7, 11) is 0. The average molecular weight is 381 g/mol. The second-order valence-corrected chi connectivity index (χ2v) is 8.05. The Hall–Kier alpha value is -2.33. The van der Waals surface area contributed by atoms with Crippen LogP contribution >= 0.6 is 0 Å². The molecular weight excluding hydrogens is 348 g/mol. The van der Waals surface area contributed by atoms with Crippen LogP contribution in [0, 0.1) is 19.8 Å². The Labute approximate surface area is 168 Å². The van der Waals surface area contributed by atoms with Gasteiger partial charge in [-0.15, -0.1) is 0 Å². The lowest BCUT2D eigenvalue weighted by atomic mass is 9.99. The SMILES string of the molecule is Cc1ccc(OCCNC(=O)c2ccc(CN3CCC[C@@H](C)C3)cc2)c(C)c1. The van der Waals surface area contributed by atoms with Crippen LogP contribution in [0.2, 0.25) is 0 Å². The number of carbonyl (C=O) groups excluding carboxylic acids is 1. The Balaban J connectivity index is 1.43. The summed E-state index contributed by atoms with van der Waals surface area (Å²) >= 11 is 0. The van der Waals surface area contributed by atoms with Gasteiger partial charge in [0.05, 0.1) is 6.54 Å². The molecule has 3 rings (SSSR count). The van der Waals surface area contributed by atoms with Crippen LogP contribution in [0.4, 0.5) is 0 Å². The number of amides is 1. The lowest BCUT2D eigenvalue weighted by Gasteiger charge is -2.30. The van der Waals surface area contributed by atoms with Crippen LogP contribution in [0.25, 0.3) is 0 Å². The number of hydrogen-bond donors (Lipinski definition) is 1. The molecule has 0 aliphatic carbocycles. The number of benzene rings is 2. The van der Waals surface area contributed by atoms with Gasteiger partial charge in [0.25, 0.3) is 5.91 Å². The van der Waals surface area contributed by atoms with Crippen molar-refractivity contribution in [2.45, 2.75) is 40.2 Å². The molecule has 0 radical (unpaired) electrons. The second kappa shape index (κ2) is 9.74. The maximum Gasteiger partial charge on any atom is 0.251 e. The van der Waals surface area contributed by atoms with Gasteiger partial charge in [0.15, 0.2) is 0 Å². The zero-order valence-corrected chi connectivity index (χ0v) is 17.3. The maximum atomic E-state index is 12.3. The molecule has 1 saturated heterocycles. The van der Waals surface area contributed by atoms with E-state index in [1.54, 1.807) is 0 Å². The highest BCUT2D eigenvalue weighted by atomic mass is 16.5. The number of aryl methyl sites for hydroxylation is 2. The molecule has 1 N–H and O–H groups in total. The van der Waals surface area contributed by atoms with Gasteiger partial charge >= 0.3 is 0 Å². The van der Waals surface area contributed by atoms with Crippen LogP contribution in [-0.4, -0.2) is 37.0 Å². The van der Waals surface area contributed by atoms with E-state index in [-0.39, 0.29) is 5.91 Å². The number of piperidine rings is 1. The molecule has 1 atom stereocenters. The van der Waals surface area contributed by atoms with E-state index < -0.39 is 0 Å². The Bertz CT molecular complexity index is 786. The number of nitrogens with zero attached hydrogens (tertiary/aromatic N) is 1. The summed E-state index contributed by atoms with van der Waals surface area (Å²) in [6.45, 7) is 10.7. The molecule has 0 bridgehead atoms. The third-order valence-corrected chi connectivity index (χ3v) is 5.34. The predicted octanol–water partition coefficient (Wildman–Crippen LogP) is 4.34. The summed E-state index contributed by atoms with van der Waals surface area (Å²) in [5, 5.41) is 2.93.